The third kappa shape index (κ3) is 2.83. The Morgan fingerprint density at radius 2 is 2.08 bits per heavy atom. The van der Waals surface area contributed by atoms with Crippen LogP contribution in [-0.4, -0.2) is 44.7 Å². The summed E-state index contributed by atoms with van der Waals surface area (Å²) in [5.74, 6) is 1.41. The van der Waals surface area contributed by atoms with Gasteiger partial charge in [-0.2, -0.15) is 5.10 Å². The van der Waals surface area contributed by atoms with Gasteiger partial charge in [0.15, 0.2) is 5.82 Å². The van der Waals surface area contributed by atoms with Crippen LogP contribution >= 0.6 is 11.6 Å². The molecule has 0 radical (unpaired) electrons. The van der Waals surface area contributed by atoms with Crippen LogP contribution < -0.4 is 5.73 Å². The van der Waals surface area contributed by atoms with E-state index in [-0.39, 0.29) is 11.9 Å². The Labute approximate surface area is 152 Å². The van der Waals surface area contributed by atoms with Gasteiger partial charge in [-0.05, 0) is 56.7 Å². The molecule has 1 saturated heterocycles. The Balaban J connectivity index is 1.63. The first-order valence-corrected chi connectivity index (χ1v) is 9.07. The highest BCUT2D eigenvalue weighted by Gasteiger charge is 2.43. The second-order valence-electron chi connectivity index (χ2n) is 7.21. The molecule has 1 aliphatic heterocycles. The molecule has 7 heteroatoms. The number of rotatable bonds is 2. The van der Waals surface area contributed by atoms with Crippen molar-refractivity contribution in [2.75, 3.05) is 13.1 Å². The monoisotopic (exact) mass is 359 g/mol. The van der Waals surface area contributed by atoms with Gasteiger partial charge in [-0.1, -0.05) is 11.6 Å². The number of pyridine rings is 1. The van der Waals surface area contributed by atoms with Gasteiger partial charge in [0.2, 0.25) is 0 Å². The van der Waals surface area contributed by atoms with Gasteiger partial charge in [-0.3, -0.25) is 4.79 Å². The number of aryl methyl sites for hydroxylation is 2. The molecule has 1 saturated carbocycles. The first kappa shape index (κ1) is 16.5. The van der Waals surface area contributed by atoms with Crippen molar-refractivity contribution in [2.45, 2.75) is 32.7 Å². The van der Waals surface area contributed by atoms with E-state index < -0.39 is 0 Å². The van der Waals surface area contributed by atoms with E-state index in [2.05, 4.69) is 10.1 Å². The van der Waals surface area contributed by atoms with Crippen LogP contribution in [-0.2, 0) is 0 Å². The van der Waals surface area contributed by atoms with E-state index >= 15 is 0 Å². The predicted octanol–water partition coefficient (Wildman–Crippen LogP) is 2.35. The molecule has 0 spiro atoms. The van der Waals surface area contributed by atoms with Crippen molar-refractivity contribution in [1.82, 2.24) is 19.7 Å². The zero-order valence-corrected chi connectivity index (χ0v) is 15.2. The first-order chi connectivity index (χ1) is 11.9. The number of hydrogen-bond donors (Lipinski definition) is 1. The topological polar surface area (TPSA) is 77.0 Å². The molecule has 2 aromatic heterocycles. The third-order valence-corrected chi connectivity index (χ3v) is 5.77. The molecule has 25 heavy (non-hydrogen) atoms. The highest BCUT2D eigenvalue weighted by molar-refractivity contribution is 6.33. The quantitative estimate of drug-likeness (QED) is 0.892. The maximum Gasteiger partial charge on any atom is 0.274 e. The normalized spacial score (nSPS) is 25.4. The molecule has 3 heterocycles. The molecule has 1 aliphatic carbocycles. The Hall–Kier alpha value is -1.92. The summed E-state index contributed by atoms with van der Waals surface area (Å²) in [5.41, 5.74) is 8.34. The van der Waals surface area contributed by atoms with Crippen molar-refractivity contribution in [3.8, 4) is 5.82 Å². The van der Waals surface area contributed by atoms with Crippen molar-refractivity contribution < 1.29 is 4.79 Å². The van der Waals surface area contributed by atoms with E-state index in [1.54, 1.807) is 16.8 Å². The molecular weight excluding hydrogens is 338 g/mol. The van der Waals surface area contributed by atoms with E-state index in [9.17, 15) is 4.79 Å². The van der Waals surface area contributed by atoms with Crippen LogP contribution in [0.1, 0.15) is 34.7 Å². The number of amides is 1. The molecule has 2 fully saturated rings. The van der Waals surface area contributed by atoms with Crippen molar-refractivity contribution in [3.05, 3.63) is 40.3 Å². The fourth-order valence-corrected chi connectivity index (χ4v) is 4.37. The number of carbonyl (C=O) groups excluding carboxylic acids is 1. The average Bonchev–Trinajstić information content (AvgIpc) is 3.24. The Kier molecular flexibility index (Phi) is 4.04. The van der Waals surface area contributed by atoms with Gasteiger partial charge in [0.05, 0.1) is 10.7 Å². The van der Waals surface area contributed by atoms with Crippen LogP contribution in [0.2, 0.25) is 5.02 Å². The number of hydrogen-bond acceptors (Lipinski definition) is 4. The summed E-state index contributed by atoms with van der Waals surface area (Å²) in [6, 6.07) is 5.68. The number of fused-ring (bicyclic) bond motifs is 1. The number of aromatic nitrogens is 3. The van der Waals surface area contributed by atoms with Crippen LogP contribution in [0.15, 0.2) is 18.2 Å². The van der Waals surface area contributed by atoms with E-state index in [0.717, 1.165) is 30.8 Å². The Bertz CT molecular complexity index is 833. The number of nitrogens with zero attached hydrogens (tertiary/aromatic N) is 4. The number of carbonyl (C=O) groups is 1. The predicted molar refractivity (Wildman–Crippen MR) is 95.9 cm³/mol. The number of nitrogens with two attached hydrogens (primary N) is 1. The molecule has 132 valence electrons. The summed E-state index contributed by atoms with van der Waals surface area (Å²) in [6.45, 7) is 5.34. The molecular formula is C18H22ClN5O. The molecule has 6 nitrogen and oxygen atoms in total. The van der Waals surface area contributed by atoms with E-state index in [1.165, 1.54) is 0 Å². The van der Waals surface area contributed by atoms with Gasteiger partial charge in [-0.15, -0.1) is 0 Å². The lowest BCUT2D eigenvalue weighted by Gasteiger charge is -2.19. The molecule has 0 aromatic carbocycles. The van der Waals surface area contributed by atoms with E-state index in [1.807, 2.05) is 24.8 Å². The minimum atomic E-state index is -0.116. The highest BCUT2D eigenvalue weighted by atomic mass is 35.5. The summed E-state index contributed by atoms with van der Waals surface area (Å²) in [6.07, 6.45) is 2.16. The molecule has 3 unspecified atom stereocenters. The van der Waals surface area contributed by atoms with Gasteiger partial charge in [0.25, 0.3) is 5.91 Å². The van der Waals surface area contributed by atoms with Crippen molar-refractivity contribution in [2.24, 2.45) is 17.6 Å². The average molecular weight is 360 g/mol. The van der Waals surface area contributed by atoms with Crippen molar-refractivity contribution in [1.29, 1.82) is 0 Å². The van der Waals surface area contributed by atoms with Gasteiger partial charge >= 0.3 is 0 Å². The van der Waals surface area contributed by atoms with Crippen LogP contribution in [0.3, 0.4) is 0 Å². The first-order valence-electron chi connectivity index (χ1n) is 8.69. The lowest BCUT2D eigenvalue weighted by atomic mass is 9.98. The Morgan fingerprint density at radius 3 is 2.76 bits per heavy atom. The van der Waals surface area contributed by atoms with Crippen LogP contribution in [0.5, 0.6) is 0 Å². The molecule has 2 aromatic rings. The zero-order valence-electron chi connectivity index (χ0n) is 14.4. The number of halogens is 1. The van der Waals surface area contributed by atoms with Crippen LogP contribution in [0.25, 0.3) is 5.82 Å². The lowest BCUT2D eigenvalue weighted by Crippen LogP contribution is -2.34. The lowest BCUT2D eigenvalue weighted by molar-refractivity contribution is 0.0774. The van der Waals surface area contributed by atoms with Crippen LogP contribution in [0.4, 0.5) is 0 Å². The Morgan fingerprint density at radius 1 is 1.28 bits per heavy atom. The van der Waals surface area contributed by atoms with Crippen molar-refractivity contribution >= 4 is 17.5 Å². The zero-order chi connectivity index (χ0) is 17.7. The van der Waals surface area contributed by atoms with Gasteiger partial charge in [0, 0.05) is 24.8 Å². The molecule has 0 bridgehead atoms. The minimum absolute atomic E-state index is 0.116. The van der Waals surface area contributed by atoms with Crippen molar-refractivity contribution in [3.63, 3.8) is 0 Å². The molecule has 3 atom stereocenters. The van der Waals surface area contributed by atoms with Crippen LogP contribution in [0, 0.1) is 25.7 Å². The fraction of sp³-hybridized carbons (Fsp3) is 0.500. The standard InChI is InChI=1S/C18H22ClN5O/c1-10-7-11(2)24(22-10)16-6-4-14(19)17(21-16)18(25)23-8-12-3-5-15(20)13(12)9-23/h4,6-7,12-13,15H,3,5,8-9,20H2,1-2H3. The number of likely N-dealkylation sites (tertiary alicyclic amines) is 1. The molecule has 2 N–H and O–H groups in total. The minimum Gasteiger partial charge on any atom is -0.337 e. The second kappa shape index (κ2) is 6.11. The van der Waals surface area contributed by atoms with E-state index in [4.69, 9.17) is 17.3 Å². The summed E-state index contributed by atoms with van der Waals surface area (Å²) in [7, 11) is 0. The molecule has 4 rings (SSSR count). The van der Waals surface area contributed by atoms with Gasteiger partial charge in [-0.25, -0.2) is 9.67 Å². The highest BCUT2D eigenvalue weighted by Crippen LogP contribution is 2.37. The maximum atomic E-state index is 13.0. The maximum absolute atomic E-state index is 13.0. The SMILES string of the molecule is Cc1cc(C)n(-c2ccc(Cl)c(C(=O)N3CC4CCC(N)C4C3)n2)n1. The summed E-state index contributed by atoms with van der Waals surface area (Å²) < 4.78 is 1.73. The van der Waals surface area contributed by atoms with Gasteiger partial charge in [0.1, 0.15) is 5.69 Å². The third-order valence-electron chi connectivity index (χ3n) is 5.46. The fourth-order valence-electron chi connectivity index (χ4n) is 4.18. The van der Waals surface area contributed by atoms with E-state index in [0.29, 0.717) is 34.9 Å². The molecule has 2 aliphatic rings. The summed E-state index contributed by atoms with van der Waals surface area (Å²) in [5, 5.41) is 4.81. The second-order valence-corrected chi connectivity index (χ2v) is 7.62. The summed E-state index contributed by atoms with van der Waals surface area (Å²) >= 11 is 6.29. The summed E-state index contributed by atoms with van der Waals surface area (Å²) in [4.78, 5) is 19.4. The molecule has 1 amide bonds. The van der Waals surface area contributed by atoms with Gasteiger partial charge < -0.3 is 10.6 Å². The smallest absolute Gasteiger partial charge is 0.274 e. The largest absolute Gasteiger partial charge is 0.337 e.